The topological polar surface area (TPSA) is 237 Å². The largest absolute Gasteiger partial charge is 0.509 e. The van der Waals surface area contributed by atoms with Gasteiger partial charge in [0, 0.05) is 37.2 Å². The summed E-state index contributed by atoms with van der Waals surface area (Å²) in [7, 11) is 0. The van der Waals surface area contributed by atoms with Crippen LogP contribution in [0.2, 0.25) is 0 Å². The highest BCUT2D eigenvalue weighted by molar-refractivity contribution is 5.96. The molecule has 17 nitrogen and oxygen atoms in total. The van der Waals surface area contributed by atoms with E-state index in [1.165, 1.54) is 26.0 Å². The van der Waals surface area contributed by atoms with E-state index >= 15 is 4.79 Å². The number of carbonyl (C=O) groups excluding carboxylic acids is 7. The molecule has 3 aliphatic carbocycles. The quantitative estimate of drug-likeness (QED) is 0.0696. The molecule has 1 amide bonds. The summed E-state index contributed by atoms with van der Waals surface area (Å²) in [5, 5.41) is 28.8. The molecule has 0 radical (unpaired) electrons. The number of hydrogen-bond acceptors (Lipinski definition) is 16. The van der Waals surface area contributed by atoms with Gasteiger partial charge in [-0.15, -0.1) is 0 Å². The fourth-order valence-corrected chi connectivity index (χ4v) is 11.3. The van der Waals surface area contributed by atoms with Gasteiger partial charge < -0.3 is 48.7 Å². The molecule has 384 valence electrons. The van der Waals surface area contributed by atoms with Crippen molar-refractivity contribution in [3.05, 3.63) is 155 Å². The van der Waals surface area contributed by atoms with Gasteiger partial charge in [0.15, 0.2) is 23.6 Å². The minimum absolute atomic E-state index is 0.0347. The van der Waals surface area contributed by atoms with Crippen molar-refractivity contribution >= 4 is 41.7 Å². The first-order chi connectivity index (χ1) is 34.8. The van der Waals surface area contributed by atoms with E-state index in [-0.39, 0.29) is 48.3 Å². The van der Waals surface area contributed by atoms with E-state index in [4.69, 9.17) is 33.2 Å². The van der Waals surface area contributed by atoms with Crippen molar-refractivity contribution in [2.45, 2.75) is 121 Å². The molecule has 4 aromatic rings. The fourth-order valence-electron chi connectivity index (χ4n) is 11.3. The Balaban J connectivity index is 1.31. The number of ketones is 1. The number of benzene rings is 4. The maximum Gasteiger partial charge on any atom is 0.509 e. The van der Waals surface area contributed by atoms with Crippen LogP contribution in [0.15, 0.2) is 132 Å². The monoisotopic (exact) mass is 1000 g/mol. The molecule has 0 unspecified atom stereocenters. The first kappa shape index (κ1) is 52.1. The molecule has 17 heteroatoms. The van der Waals surface area contributed by atoms with Gasteiger partial charge in [-0.25, -0.2) is 14.4 Å². The van der Waals surface area contributed by atoms with Crippen LogP contribution in [0.3, 0.4) is 0 Å². The molecule has 73 heavy (non-hydrogen) atoms. The van der Waals surface area contributed by atoms with Crippen molar-refractivity contribution in [3.63, 3.8) is 0 Å². The second-order valence-corrected chi connectivity index (χ2v) is 19.7. The molecule has 2 bridgehead atoms. The number of carbonyl (C=O) groups is 7. The van der Waals surface area contributed by atoms with Crippen molar-refractivity contribution in [2.75, 3.05) is 6.61 Å². The summed E-state index contributed by atoms with van der Waals surface area (Å²) in [6.07, 6.45) is -12.4. The number of aliphatic hydroxyl groups excluding tert-OH is 1. The number of aliphatic hydroxyl groups is 2. The zero-order valence-corrected chi connectivity index (χ0v) is 41.3. The Kier molecular flexibility index (Phi) is 14.8. The number of Topliss-reactive ketones (excluding diaryl/α,β-unsaturated/α-hetero) is 1. The smallest absolute Gasteiger partial charge is 0.461 e. The molecule has 3 fully saturated rings. The van der Waals surface area contributed by atoms with E-state index in [1.54, 1.807) is 130 Å². The van der Waals surface area contributed by atoms with Crippen molar-refractivity contribution in [1.82, 2.24) is 5.32 Å². The Morgan fingerprint density at radius 1 is 0.795 bits per heavy atom. The highest BCUT2D eigenvalue weighted by atomic mass is 16.7. The normalized spacial score (nSPS) is 28.6. The maximum absolute atomic E-state index is 16.3. The fraction of sp³-hybridized carbons (Fsp3) is 0.411. The number of ether oxygens (including phenoxy) is 7. The molecule has 4 aromatic carbocycles. The van der Waals surface area contributed by atoms with Crippen molar-refractivity contribution in [1.29, 1.82) is 0 Å². The zero-order chi connectivity index (χ0) is 52.5. The first-order valence-electron chi connectivity index (χ1n) is 24.2. The molecule has 1 saturated heterocycles. The molecule has 1 aliphatic heterocycles. The molecular formula is C56H59NO16. The van der Waals surface area contributed by atoms with Crippen LogP contribution < -0.4 is 5.32 Å². The zero-order valence-electron chi connectivity index (χ0n) is 41.3. The lowest BCUT2D eigenvalue weighted by molar-refractivity contribution is -0.346. The van der Waals surface area contributed by atoms with Crippen molar-refractivity contribution in [2.24, 2.45) is 16.7 Å². The molecular weight excluding hydrogens is 943 g/mol. The lowest BCUT2D eigenvalue weighted by Crippen LogP contribution is -2.82. The molecule has 0 spiro atoms. The van der Waals surface area contributed by atoms with E-state index in [0.717, 1.165) is 6.92 Å². The van der Waals surface area contributed by atoms with Crippen LogP contribution in [-0.4, -0.2) is 106 Å². The maximum atomic E-state index is 16.3. The van der Waals surface area contributed by atoms with Gasteiger partial charge in [-0.2, -0.15) is 0 Å². The number of rotatable bonds is 14. The van der Waals surface area contributed by atoms with E-state index in [1.807, 2.05) is 0 Å². The van der Waals surface area contributed by atoms with Crippen molar-refractivity contribution < 1.29 is 76.9 Å². The van der Waals surface area contributed by atoms with Crippen LogP contribution in [0, 0.1) is 16.7 Å². The van der Waals surface area contributed by atoms with Crippen LogP contribution in [-0.2, 0) is 58.9 Å². The molecule has 2 saturated carbocycles. The minimum Gasteiger partial charge on any atom is -0.461 e. The van der Waals surface area contributed by atoms with Gasteiger partial charge in [-0.1, -0.05) is 118 Å². The summed E-state index contributed by atoms with van der Waals surface area (Å²) in [4.78, 5) is 100. The van der Waals surface area contributed by atoms with Gasteiger partial charge in [0.1, 0.15) is 36.6 Å². The minimum atomic E-state index is -2.51. The third-order valence-corrected chi connectivity index (χ3v) is 15.1. The van der Waals surface area contributed by atoms with Crippen LogP contribution in [0.1, 0.15) is 98.7 Å². The van der Waals surface area contributed by atoms with Gasteiger partial charge in [-0.3, -0.25) is 19.2 Å². The Labute approximate surface area is 422 Å². The third-order valence-electron chi connectivity index (χ3n) is 15.1. The summed E-state index contributed by atoms with van der Waals surface area (Å²) in [6, 6.07) is 31.4. The lowest BCUT2D eigenvalue weighted by atomic mass is 9.44. The lowest BCUT2D eigenvalue weighted by Gasteiger charge is -2.67. The summed E-state index contributed by atoms with van der Waals surface area (Å²) in [5.74, 6) is -6.99. The highest BCUT2D eigenvalue weighted by Crippen LogP contribution is 2.65. The van der Waals surface area contributed by atoms with Crippen LogP contribution in [0.4, 0.5) is 4.79 Å². The second kappa shape index (κ2) is 20.7. The van der Waals surface area contributed by atoms with E-state index in [2.05, 4.69) is 5.32 Å². The number of hydrogen-bond donors (Lipinski definition) is 3. The van der Waals surface area contributed by atoms with Gasteiger partial charge >= 0.3 is 30.0 Å². The predicted molar refractivity (Wildman–Crippen MR) is 258 cm³/mol. The summed E-state index contributed by atoms with van der Waals surface area (Å²) in [6.45, 7) is 8.05. The van der Waals surface area contributed by atoms with Crippen LogP contribution in [0.25, 0.3) is 0 Å². The van der Waals surface area contributed by atoms with Gasteiger partial charge in [0.2, 0.25) is 0 Å². The Hall–Kier alpha value is -7.21. The molecule has 1 heterocycles. The van der Waals surface area contributed by atoms with Crippen LogP contribution in [0.5, 0.6) is 0 Å². The molecule has 3 N–H and O–H groups in total. The standard InChI is InChI=1S/C56H59NO16/c1-7-41(59)70-39-28-40-55(31-68-40,73-33(3)58)46-48(72-50(63)37-26-18-11-19-27-37)56(66)29-38(69-51(64)44(60)43(35-22-14-9-15-23-35)57-49(62)36-24-16-10-17-25-36)32(2)42(53(56,4)5)45(47(61)54(39,46)6)71-52(65)67-30-34-20-12-8-13-21-34/h8-27,38-40,43-46,48,60,66H,7,28-31H2,1-6H3,(H,57,62)/t38-,39-,40+,43-,44+,45+,46-,48-,54+,55-,56+/m0/s1. The number of amides is 1. The number of nitrogens with one attached hydrogen (secondary N) is 1. The summed E-state index contributed by atoms with van der Waals surface area (Å²) in [5.41, 5.74) is -7.13. The predicted octanol–water partition coefficient (Wildman–Crippen LogP) is 6.49. The Morgan fingerprint density at radius 2 is 1.38 bits per heavy atom. The molecule has 8 rings (SSSR count). The Morgan fingerprint density at radius 3 is 1.96 bits per heavy atom. The number of esters is 4. The van der Waals surface area contributed by atoms with Gasteiger partial charge in [0.25, 0.3) is 5.91 Å². The Bertz CT molecular complexity index is 2770. The second-order valence-electron chi connectivity index (χ2n) is 19.7. The molecule has 0 aromatic heterocycles. The molecule has 11 atom stereocenters. The van der Waals surface area contributed by atoms with Gasteiger partial charge in [-0.05, 0) is 60.4 Å². The summed E-state index contributed by atoms with van der Waals surface area (Å²) >= 11 is 0. The van der Waals surface area contributed by atoms with Gasteiger partial charge in [0.05, 0.1) is 29.5 Å². The molecule has 4 aliphatic rings. The SMILES string of the molecule is CCC(=O)O[C@H]1C[C@H]2OC[C@@]2(OC(C)=O)[C@H]2[C@H](OC(=O)c3ccccc3)[C@]3(O)C[C@H](OC(=O)[C@H](O)[C@@H](NC(=O)c4ccccc4)c4ccccc4)C(C)=C([C@@H](OC(=O)OCc4ccccc4)C(=O)[C@]12C)C3(C)C. The summed E-state index contributed by atoms with van der Waals surface area (Å²) < 4.78 is 42.9. The number of fused-ring (bicyclic) bond motifs is 5. The van der Waals surface area contributed by atoms with E-state index < -0.39 is 119 Å². The van der Waals surface area contributed by atoms with E-state index in [0.29, 0.717) is 11.1 Å². The average Bonchev–Trinajstić information content (AvgIpc) is 3.38. The van der Waals surface area contributed by atoms with Crippen LogP contribution >= 0.6 is 0 Å². The van der Waals surface area contributed by atoms with E-state index in [9.17, 15) is 39.0 Å². The highest BCUT2D eigenvalue weighted by Gasteiger charge is 2.79. The third kappa shape index (κ3) is 9.64. The van der Waals surface area contributed by atoms with Crippen molar-refractivity contribution in [3.8, 4) is 0 Å². The average molecular weight is 1000 g/mol. The first-order valence-corrected chi connectivity index (χ1v) is 24.2.